The Labute approximate surface area is 189 Å². The molecule has 160 valence electrons. The Hall–Kier alpha value is -4.59. The molecule has 0 bridgehead atoms. The van der Waals surface area contributed by atoms with Gasteiger partial charge in [0.05, 0.1) is 29.2 Å². The van der Waals surface area contributed by atoms with Gasteiger partial charge in [-0.15, -0.1) is 0 Å². The first-order valence-corrected chi connectivity index (χ1v) is 10.7. The van der Waals surface area contributed by atoms with E-state index in [-0.39, 0.29) is 0 Å². The number of imidazole rings is 1. The Bertz CT molecular complexity index is 1540. The lowest BCUT2D eigenvalue weighted by atomic mass is 10.2. The van der Waals surface area contributed by atoms with Gasteiger partial charge in [-0.2, -0.15) is 9.78 Å². The van der Waals surface area contributed by atoms with Crippen molar-refractivity contribution in [1.29, 1.82) is 0 Å². The number of hydrogen-bond donors (Lipinski definition) is 1. The summed E-state index contributed by atoms with van der Waals surface area (Å²) in [5.74, 6) is 2.35. The van der Waals surface area contributed by atoms with E-state index in [4.69, 9.17) is 4.98 Å². The van der Waals surface area contributed by atoms with Crippen molar-refractivity contribution >= 4 is 27.9 Å². The molecule has 4 heterocycles. The van der Waals surface area contributed by atoms with Crippen molar-refractivity contribution in [2.24, 2.45) is 0 Å². The van der Waals surface area contributed by atoms with E-state index in [1.54, 1.807) is 23.4 Å². The molecule has 0 spiro atoms. The van der Waals surface area contributed by atoms with Crippen LogP contribution in [0.2, 0.25) is 0 Å². The highest BCUT2D eigenvalue weighted by Crippen LogP contribution is 2.23. The van der Waals surface area contributed by atoms with E-state index in [1.807, 2.05) is 42.5 Å². The molecule has 2 aromatic carbocycles. The number of pyridine rings is 1. The predicted octanol–water partition coefficient (Wildman–Crippen LogP) is 4.22. The second-order valence-electron chi connectivity index (χ2n) is 7.65. The van der Waals surface area contributed by atoms with E-state index in [0.717, 1.165) is 28.8 Å². The smallest absolute Gasteiger partial charge is 0.170 e. The summed E-state index contributed by atoms with van der Waals surface area (Å²) in [4.78, 5) is 18.2. The van der Waals surface area contributed by atoms with Crippen molar-refractivity contribution in [3.63, 3.8) is 0 Å². The number of para-hydroxylation sites is 2. The Balaban J connectivity index is 1.34. The molecule has 8 heteroatoms. The van der Waals surface area contributed by atoms with Gasteiger partial charge in [-0.1, -0.05) is 48.5 Å². The molecule has 0 aliphatic carbocycles. The monoisotopic (exact) mass is 432 g/mol. The standard InChI is InChI=1S/C25H20N8/c1-2-8-18(9-3-1)16-32-21-11-5-4-10-20(21)31-23(32)15-27-24-19-14-30-33(25(19)29-17-28-24)22-12-6-7-13-26-22/h1-14,17H,15-16H2,(H,27,28,29). The van der Waals surface area contributed by atoms with Gasteiger partial charge in [0.2, 0.25) is 0 Å². The first-order chi connectivity index (χ1) is 16.4. The van der Waals surface area contributed by atoms with Crippen molar-refractivity contribution in [2.45, 2.75) is 13.1 Å². The quantitative estimate of drug-likeness (QED) is 0.424. The first kappa shape index (κ1) is 19.1. The topological polar surface area (TPSA) is 86.3 Å². The fraction of sp³-hybridized carbons (Fsp3) is 0.0800. The van der Waals surface area contributed by atoms with Crippen molar-refractivity contribution in [1.82, 2.24) is 34.3 Å². The van der Waals surface area contributed by atoms with E-state index >= 15 is 0 Å². The van der Waals surface area contributed by atoms with Gasteiger partial charge in [0.15, 0.2) is 11.5 Å². The summed E-state index contributed by atoms with van der Waals surface area (Å²) in [6.45, 7) is 1.26. The van der Waals surface area contributed by atoms with Crippen LogP contribution in [0.3, 0.4) is 0 Å². The van der Waals surface area contributed by atoms with Gasteiger partial charge in [0.1, 0.15) is 18.0 Å². The Morgan fingerprint density at radius 1 is 0.818 bits per heavy atom. The largest absolute Gasteiger partial charge is 0.362 e. The lowest BCUT2D eigenvalue weighted by Crippen LogP contribution is -2.11. The van der Waals surface area contributed by atoms with Crippen LogP contribution >= 0.6 is 0 Å². The fourth-order valence-corrected chi connectivity index (χ4v) is 4.00. The second-order valence-corrected chi connectivity index (χ2v) is 7.65. The average Bonchev–Trinajstić information content (AvgIpc) is 3.46. The number of benzene rings is 2. The number of hydrogen-bond acceptors (Lipinski definition) is 6. The number of aromatic nitrogens is 7. The Morgan fingerprint density at radius 3 is 2.55 bits per heavy atom. The molecule has 0 saturated carbocycles. The predicted molar refractivity (Wildman–Crippen MR) is 127 cm³/mol. The summed E-state index contributed by atoms with van der Waals surface area (Å²) in [5, 5.41) is 8.76. The van der Waals surface area contributed by atoms with Crippen LogP contribution in [-0.2, 0) is 13.1 Å². The lowest BCUT2D eigenvalue weighted by Gasteiger charge is -2.11. The molecule has 0 unspecified atom stereocenters. The van der Waals surface area contributed by atoms with Crippen molar-refractivity contribution in [2.75, 3.05) is 5.32 Å². The number of nitrogens with one attached hydrogen (secondary N) is 1. The highest BCUT2D eigenvalue weighted by Gasteiger charge is 2.14. The van der Waals surface area contributed by atoms with Crippen LogP contribution in [0.4, 0.5) is 5.82 Å². The van der Waals surface area contributed by atoms with Crippen LogP contribution in [0, 0.1) is 0 Å². The number of rotatable bonds is 6. The molecule has 0 amide bonds. The molecule has 4 aromatic heterocycles. The second kappa shape index (κ2) is 8.16. The zero-order valence-electron chi connectivity index (χ0n) is 17.7. The summed E-state index contributed by atoms with van der Waals surface area (Å²) < 4.78 is 3.96. The van der Waals surface area contributed by atoms with E-state index in [2.05, 4.69) is 60.3 Å². The normalized spacial score (nSPS) is 11.3. The van der Waals surface area contributed by atoms with Gasteiger partial charge in [0.25, 0.3) is 0 Å². The van der Waals surface area contributed by atoms with Crippen molar-refractivity contribution in [3.8, 4) is 5.82 Å². The van der Waals surface area contributed by atoms with E-state index in [0.29, 0.717) is 23.8 Å². The molecule has 0 atom stereocenters. The van der Waals surface area contributed by atoms with E-state index in [9.17, 15) is 0 Å². The fourth-order valence-electron chi connectivity index (χ4n) is 4.00. The SMILES string of the molecule is c1ccc(Cn2c(CNc3ncnc4c3cnn4-c3ccccn3)nc3ccccc32)cc1. The van der Waals surface area contributed by atoms with Gasteiger partial charge in [-0.05, 0) is 29.8 Å². The van der Waals surface area contributed by atoms with Gasteiger partial charge >= 0.3 is 0 Å². The molecule has 6 aromatic rings. The third-order valence-electron chi connectivity index (χ3n) is 5.56. The maximum atomic E-state index is 4.88. The number of nitrogens with zero attached hydrogens (tertiary/aromatic N) is 7. The number of fused-ring (bicyclic) bond motifs is 2. The zero-order chi connectivity index (χ0) is 22.0. The van der Waals surface area contributed by atoms with Crippen molar-refractivity contribution < 1.29 is 0 Å². The van der Waals surface area contributed by atoms with E-state index in [1.165, 1.54) is 5.56 Å². The minimum absolute atomic E-state index is 0.516. The highest BCUT2D eigenvalue weighted by atomic mass is 15.3. The molecule has 0 radical (unpaired) electrons. The summed E-state index contributed by atoms with van der Waals surface area (Å²) in [5.41, 5.74) is 4.00. The summed E-state index contributed by atoms with van der Waals surface area (Å²) in [6, 6.07) is 24.3. The van der Waals surface area contributed by atoms with Crippen LogP contribution in [-0.4, -0.2) is 34.3 Å². The third-order valence-corrected chi connectivity index (χ3v) is 5.56. The third kappa shape index (κ3) is 3.57. The maximum absolute atomic E-state index is 4.88. The van der Waals surface area contributed by atoms with Crippen LogP contribution in [0.5, 0.6) is 0 Å². The summed E-state index contributed by atoms with van der Waals surface area (Å²) in [6.07, 6.45) is 5.04. The average molecular weight is 432 g/mol. The van der Waals surface area contributed by atoms with Crippen LogP contribution in [0.25, 0.3) is 27.9 Å². The van der Waals surface area contributed by atoms with Crippen LogP contribution in [0.15, 0.2) is 91.5 Å². The van der Waals surface area contributed by atoms with Crippen LogP contribution in [0.1, 0.15) is 11.4 Å². The van der Waals surface area contributed by atoms with Gasteiger partial charge < -0.3 is 9.88 Å². The van der Waals surface area contributed by atoms with Crippen molar-refractivity contribution in [3.05, 3.63) is 103 Å². The maximum Gasteiger partial charge on any atom is 0.170 e. The molecular formula is C25H20N8. The highest BCUT2D eigenvalue weighted by molar-refractivity contribution is 5.87. The minimum atomic E-state index is 0.516. The minimum Gasteiger partial charge on any atom is -0.362 e. The molecule has 8 nitrogen and oxygen atoms in total. The molecule has 6 rings (SSSR count). The molecule has 0 aliphatic rings. The Morgan fingerprint density at radius 2 is 1.67 bits per heavy atom. The Kier molecular flexibility index (Phi) is 4.73. The molecular weight excluding hydrogens is 412 g/mol. The molecule has 1 N–H and O–H groups in total. The molecule has 0 aliphatic heterocycles. The molecule has 0 saturated heterocycles. The molecule has 33 heavy (non-hydrogen) atoms. The molecule has 0 fully saturated rings. The summed E-state index contributed by atoms with van der Waals surface area (Å²) in [7, 11) is 0. The number of anilines is 1. The van der Waals surface area contributed by atoms with E-state index < -0.39 is 0 Å². The van der Waals surface area contributed by atoms with Gasteiger partial charge in [-0.3, -0.25) is 0 Å². The van der Waals surface area contributed by atoms with Gasteiger partial charge in [0, 0.05) is 12.7 Å². The summed E-state index contributed by atoms with van der Waals surface area (Å²) >= 11 is 0. The first-order valence-electron chi connectivity index (χ1n) is 10.7. The lowest BCUT2D eigenvalue weighted by molar-refractivity contribution is 0.756. The zero-order valence-corrected chi connectivity index (χ0v) is 17.7. The van der Waals surface area contributed by atoms with Gasteiger partial charge in [-0.25, -0.2) is 19.9 Å². The van der Waals surface area contributed by atoms with Crippen LogP contribution < -0.4 is 5.32 Å².